The van der Waals surface area contributed by atoms with Gasteiger partial charge in [0.05, 0.1) is 25.6 Å². The van der Waals surface area contributed by atoms with Crippen LogP contribution < -0.4 is 15.5 Å². The lowest BCUT2D eigenvalue weighted by atomic mass is 10.3. The number of anilines is 1. The summed E-state index contributed by atoms with van der Waals surface area (Å²) in [5.74, 6) is 0.165. The molecule has 128 valence electrons. The molecule has 0 radical (unpaired) electrons. The zero-order valence-corrected chi connectivity index (χ0v) is 13.4. The SMILES string of the molecule is COc1ccccc1NCC(=O)N/N=C/c1ccc(S(=O)(=O)[O-])o1. The zero-order chi connectivity index (χ0) is 17.6. The number of hydrogen-bond donors (Lipinski definition) is 2. The molecule has 1 amide bonds. The number of nitrogens with zero attached hydrogens (tertiary/aromatic N) is 1. The maximum atomic E-state index is 11.7. The van der Waals surface area contributed by atoms with E-state index in [0.717, 1.165) is 12.3 Å². The first-order chi connectivity index (χ1) is 11.4. The second kappa shape index (κ2) is 7.62. The molecule has 10 heteroatoms. The number of amides is 1. The van der Waals surface area contributed by atoms with Gasteiger partial charge < -0.3 is 19.0 Å². The molecular weight excluding hydrogens is 338 g/mol. The molecule has 1 aromatic heterocycles. The second-order valence-corrected chi connectivity index (χ2v) is 5.77. The minimum atomic E-state index is -4.66. The van der Waals surface area contributed by atoms with Gasteiger partial charge in [0, 0.05) is 0 Å². The van der Waals surface area contributed by atoms with Gasteiger partial charge in [0.2, 0.25) is 5.09 Å². The molecule has 0 saturated carbocycles. The summed E-state index contributed by atoms with van der Waals surface area (Å²) in [5.41, 5.74) is 2.88. The smallest absolute Gasteiger partial charge is 0.259 e. The van der Waals surface area contributed by atoms with E-state index < -0.39 is 21.1 Å². The van der Waals surface area contributed by atoms with Crippen molar-refractivity contribution in [3.8, 4) is 5.75 Å². The van der Waals surface area contributed by atoms with Crippen molar-refractivity contribution in [3.05, 3.63) is 42.2 Å². The van der Waals surface area contributed by atoms with E-state index in [1.165, 1.54) is 13.2 Å². The topological polar surface area (TPSA) is 133 Å². The van der Waals surface area contributed by atoms with Crippen molar-refractivity contribution in [1.29, 1.82) is 0 Å². The van der Waals surface area contributed by atoms with E-state index in [2.05, 4.69) is 15.8 Å². The van der Waals surface area contributed by atoms with E-state index in [9.17, 15) is 17.8 Å². The molecule has 24 heavy (non-hydrogen) atoms. The van der Waals surface area contributed by atoms with Gasteiger partial charge in [-0.05, 0) is 24.3 Å². The average Bonchev–Trinajstić information content (AvgIpc) is 3.02. The van der Waals surface area contributed by atoms with Crippen LogP contribution in [0.3, 0.4) is 0 Å². The Morgan fingerprint density at radius 3 is 2.75 bits per heavy atom. The number of rotatable bonds is 7. The van der Waals surface area contributed by atoms with Gasteiger partial charge in [0.1, 0.15) is 11.5 Å². The van der Waals surface area contributed by atoms with Crippen LogP contribution in [0.5, 0.6) is 5.75 Å². The highest BCUT2D eigenvalue weighted by Crippen LogP contribution is 2.22. The van der Waals surface area contributed by atoms with E-state index in [1.807, 2.05) is 0 Å². The number of hydrogen-bond acceptors (Lipinski definition) is 8. The zero-order valence-electron chi connectivity index (χ0n) is 12.6. The van der Waals surface area contributed by atoms with Crippen LogP contribution in [0, 0.1) is 0 Å². The number of carbonyl (C=O) groups excluding carboxylic acids is 1. The molecular formula is C14H14N3O6S-. The summed E-state index contributed by atoms with van der Waals surface area (Å²) in [6.07, 6.45) is 1.08. The third kappa shape index (κ3) is 4.83. The normalized spacial score (nSPS) is 11.4. The maximum absolute atomic E-state index is 11.7. The van der Waals surface area contributed by atoms with Crippen LogP contribution in [0.15, 0.2) is 51.0 Å². The van der Waals surface area contributed by atoms with Crippen LogP contribution in [0.25, 0.3) is 0 Å². The number of methoxy groups -OCH3 is 1. The molecule has 1 heterocycles. The fourth-order valence-electron chi connectivity index (χ4n) is 1.71. The van der Waals surface area contributed by atoms with Crippen molar-refractivity contribution in [2.75, 3.05) is 19.0 Å². The number of carbonyl (C=O) groups is 1. The lowest BCUT2D eigenvalue weighted by Crippen LogP contribution is -2.26. The minimum Gasteiger partial charge on any atom is -0.742 e. The Labute approximate surface area is 138 Å². The number of ether oxygens (including phenoxy) is 1. The number of benzene rings is 1. The maximum Gasteiger partial charge on any atom is 0.259 e. The summed E-state index contributed by atoms with van der Waals surface area (Å²) in [4.78, 5) is 11.7. The van der Waals surface area contributed by atoms with Crippen molar-refractivity contribution in [2.45, 2.75) is 5.09 Å². The Balaban J connectivity index is 1.86. The van der Waals surface area contributed by atoms with Gasteiger partial charge >= 0.3 is 0 Å². The lowest BCUT2D eigenvalue weighted by Gasteiger charge is -2.09. The fourth-order valence-corrected chi connectivity index (χ4v) is 2.14. The van der Waals surface area contributed by atoms with Crippen LogP contribution in [-0.2, 0) is 14.9 Å². The molecule has 0 saturated heterocycles. The van der Waals surface area contributed by atoms with Crippen LogP contribution in [0.4, 0.5) is 5.69 Å². The number of hydrazone groups is 1. The standard InChI is InChI=1S/C14H15N3O6S/c1-22-12-5-3-2-4-11(12)15-9-13(18)17-16-8-10-6-7-14(23-10)24(19,20)21/h2-8,15H,9H2,1H3,(H,17,18)(H,19,20,21)/p-1/b16-8+. The van der Waals surface area contributed by atoms with E-state index in [0.29, 0.717) is 11.4 Å². The molecule has 0 fully saturated rings. The Bertz CT molecular complexity index is 844. The number of furan rings is 1. The Hall–Kier alpha value is -2.85. The van der Waals surface area contributed by atoms with Crippen molar-refractivity contribution >= 4 is 27.9 Å². The van der Waals surface area contributed by atoms with Crippen LogP contribution in [0.1, 0.15) is 5.76 Å². The Morgan fingerprint density at radius 1 is 1.33 bits per heavy atom. The number of nitrogens with one attached hydrogen (secondary N) is 2. The van der Waals surface area contributed by atoms with E-state index >= 15 is 0 Å². The Kier molecular flexibility index (Phi) is 5.55. The predicted molar refractivity (Wildman–Crippen MR) is 83.9 cm³/mol. The fraction of sp³-hybridized carbons (Fsp3) is 0.143. The highest BCUT2D eigenvalue weighted by molar-refractivity contribution is 7.85. The molecule has 0 aliphatic heterocycles. The molecule has 0 spiro atoms. The van der Waals surface area contributed by atoms with Crippen LogP contribution in [0.2, 0.25) is 0 Å². The largest absolute Gasteiger partial charge is 0.742 e. The lowest BCUT2D eigenvalue weighted by molar-refractivity contribution is -0.119. The van der Waals surface area contributed by atoms with E-state index in [1.54, 1.807) is 24.3 Å². The van der Waals surface area contributed by atoms with Crippen LogP contribution in [-0.4, -0.2) is 38.7 Å². The first-order valence-corrected chi connectivity index (χ1v) is 8.05. The van der Waals surface area contributed by atoms with Gasteiger partial charge in [0.15, 0.2) is 10.1 Å². The molecule has 2 N–H and O–H groups in total. The summed E-state index contributed by atoms with van der Waals surface area (Å²) in [6.45, 7) is -0.0595. The summed E-state index contributed by atoms with van der Waals surface area (Å²) in [5, 5.41) is 5.77. The predicted octanol–water partition coefficient (Wildman–Crippen LogP) is 0.755. The quantitative estimate of drug-likeness (QED) is 0.427. The van der Waals surface area contributed by atoms with Crippen molar-refractivity contribution in [2.24, 2.45) is 5.10 Å². The third-order valence-corrected chi connectivity index (χ3v) is 3.49. The molecule has 2 aromatic rings. The second-order valence-electron chi connectivity index (χ2n) is 4.46. The van der Waals surface area contributed by atoms with Gasteiger partial charge in [-0.3, -0.25) is 4.79 Å². The monoisotopic (exact) mass is 352 g/mol. The highest BCUT2D eigenvalue weighted by atomic mass is 32.2. The molecule has 9 nitrogen and oxygen atoms in total. The summed E-state index contributed by atoms with van der Waals surface area (Å²) < 4.78 is 42.0. The van der Waals surface area contributed by atoms with Crippen LogP contribution >= 0.6 is 0 Å². The van der Waals surface area contributed by atoms with Gasteiger partial charge in [-0.1, -0.05) is 12.1 Å². The minimum absolute atomic E-state index is 0.0161. The summed E-state index contributed by atoms with van der Waals surface area (Å²) in [6, 6.07) is 9.34. The first kappa shape index (κ1) is 17.5. The van der Waals surface area contributed by atoms with E-state index in [4.69, 9.17) is 9.15 Å². The first-order valence-electron chi connectivity index (χ1n) is 6.64. The molecule has 0 aliphatic carbocycles. The average molecular weight is 352 g/mol. The van der Waals surface area contributed by atoms with Gasteiger partial charge in [-0.2, -0.15) is 5.10 Å². The van der Waals surface area contributed by atoms with Gasteiger partial charge in [-0.15, -0.1) is 0 Å². The third-order valence-electron chi connectivity index (χ3n) is 2.78. The summed E-state index contributed by atoms with van der Waals surface area (Å²) in [7, 11) is -3.14. The molecule has 0 atom stereocenters. The molecule has 2 rings (SSSR count). The van der Waals surface area contributed by atoms with E-state index in [-0.39, 0.29) is 12.3 Å². The van der Waals surface area contributed by atoms with Crippen molar-refractivity contribution in [1.82, 2.24) is 5.43 Å². The molecule has 1 aromatic carbocycles. The Morgan fingerprint density at radius 2 is 2.08 bits per heavy atom. The molecule has 0 unspecified atom stereocenters. The number of para-hydroxylation sites is 2. The molecule has 0 bridgehead atoms. The van der Waals surface area contributed by atoms with Gasteiger partial charge in [0.25, 0.3) is 5.91 Å². The summed E-state index contributed by atoms with van der Waals surface area (Å²) >= 11 is 0. The highest BCUT2D eigenvalue weighted by Gasteiger charge is 2.07. The van der Waals surface area contributed by atoms with Crippen molar-refractivity contribution < 1.29 is 26.9 Å². The van der Waals surface area contributed by atoms with Gasteiger partial charge in [-0.25, -0.2) is 13.8 Å². The van der Waals surface area contributed by atoms with Crippen molar-refractivity contribution in [3.63, 3.8) is 0 Å². The molecule has 0 aliphatic rings.